The highest BCUT2D eigenvalue weighted by Gasteiger charge is 2.12. The molecule has 1 atom stereocenters. The summed E-state index contributed by atoms with van der Waals surface area (Å²) < 4.78 is 4.88. The lowest BCUT2D eigenvalue weighted by Crippen LogP contribution is -2.40. The Kier molecular flexibility index (Phi) is 5.66. The Hall–Kier alpha value is -1.39. The average molecular weight is 236 g/mol. The molecule has 0 spiro atoms. The van der Waals surface area contributed by atoms with Crippen molar-refractivity contribution in [1.29, 1.82) is 0 Å². The van der Waals surface area contributed by atoms with Crippen LogP contribution in [0.15, 0.2) is 24.3 Å². The van der Waals surface area contributed by atoms with Crippen LogP contribution in [-0.2, 0) is 16.1 Å². The summed E-state index contributed by atoms with van der Waals surface area (Å²) in [5.74, 6) is -0.134. The SMILES string of the molecule is COCCC(N)C(=O)NCc1ccccc1C. The quantitative estimate of drug-likeness (QED) is 0.773. The van der Waals surface area contributed by atoms with Crippen LogP contribution >= 0.6 is 0 Å². The molecule has 0 heterocycles. The van der Waals surface area contributed by atoms with Crippen LogP contribution in [0.3, 0.4) is 0 Å². The summed E-state index contributed by atoms with van der Waals surface area (Å²) >= 11 is 0. The van der Waals surface area contributed by atoms with Gasteiger partial charge in [-0.25, -0.2) is 0 Å². The third-order valence-electron chi connectivity index (χ3n) is 2.68. The van der Waals surface area contributed by atoms with E-state index in [-0.39, 0.29) is 5.91 Å². The van der Waals surface area contributed by atoms with Gasteiger partial charge in [0.2, 0.25) is 5.91 Å². The number of carbonyl (C=O) groups is 1. The first-order valence-corrected chi connectivity index (χ1v) is 5.72. The summed E-state index contributed by atoms with van der Waals surface area (Å²) in [6, 6.07) is 7.45. The molecule has 0 radical (unpaired) electrons. The maximum absolute atomic E-state index is 11.6. The van der Waals surface area contributed by atoms with Crippen molar-refractivity contribution >= 4 is 5.91 Å². The van der Waals surface area contributed by atoms with Crippen LogP contribution in [0.2, 0.25) is 0 Å². The number of hydrogen-bond donors (Lipinski definition) is 2. The van der Waals surface area contributed by atoms with E-state index < -0.39 is 6.04 Å². The van der Waals surface area contributed by atoms with Gasteiger partial charge in [0.1, 0.15) is 0 Å². The van der Waals surface area contributed by atoms with E-state index in [1.807, 2.05) is 31.2 Å². The maximum atomic E-state index is 11.6. The number of methoxy groups -OCH3 is 1. The average Bonchev–Trinajstić information content (AvgIpc) is 2.34. The normalized spacial score (nSPS) is 12.2. The molecule has 1 amide bonds. The van der Waals surface area contributed by atoms with Gasteiger partial charge in [0.05, 0.1) is 6.04 Å². The molecule has 1 unspecified atom stereocenters. The first kappa shape index (κ1) is 13.7. The van der Waals surface area contributed by atoms with Gasteiger partial charge in [0.15, 0.2) is 0 Å². The van der Waals surface area contributed by atoms with Crippen LogP contribution in [0.1, 0.15) is 17.5 Å². The number of rotatable bonds is 6. The Morgan fingerprint density at radius 3 is 2.82 bits per heavy atom. The minimum atomic E-state index is -0.501. The number of benzene rings is 1. The van der Waals surface area contributed by atoms with Gasteiger partial charge in [0.25, 0.3) is 0 Å². The molecule has 0 aromatic heterocycles. The van der Waals surface area contributed by atoms with Crippen LogP contribution in [-0.4, -0.2) is 25.7 Å². The van der Waals surface area contributed by atoms with Gasteiger partial charge in [-0.1, -0.05) is 24.3 Å². The van der Waals surface area contributed by atoms with Crippen molar-refractivity contribution < 1.29 is 9.53 Å². The maximum Gasteiger partial charge on any atom is 0.237 e. The number of nitrogens with two attached hydrogens (primary N) is 1. The molecular weight excluding hydrogens is 216 g/mol. The molecule has 3 N–H and O–H groups in total. The molecule has 1 aromatic carbocycles. The predicted molar refractivity (Wildman–Crippen MR) is 67.5 cm³/mol. The fourth-order valence-corrected chi connectivity index (χ4v) is 1.50. The molecule has 0 aliphatic rings. The topological polar surface area (TPSA) is 64.3 Å². The van der Waals surface area contributed by atoms with E-state index >= 15 is 0 Å². The molecule has 17 heavy (non-hydrogen) atoms. The zero-order valence-electron chi connectivity index (χ0n) is 10.4. The molecule has 0 aliphatic carbocycles. The summed E-state index contributed by atoms with van der Waals surface area (Å²) in [6.45, 7) is 3.04. The smallest absolute Gasteiger partial charge is 0.237 e. The summed E-state index contributed by atoms with van der Waals surface area (Å²) in [5.41, 5.74) is 7.99. The van der Waals surface area contributed by atoms with E-state index in [1.165, 1.54) is 5.56 Å². The number of aryl methyl sites for hydroxylation is 1. The highest BCUT2D eigenvalue weighted by atomic mass is 16.5. The zero-order valence-corrected chi connectivity index (χ0v) is 10.4. The van der Waals surface area contributed by atoms with Crippen molar-refractivity contribution in [2.24, 2.45) is 5.73 Å². The van der Waals surface area contributed by atoms with E-state index in [9.17, 15) is 4.79 Å². The van der Waals surface area contributed by atoms with E-state index in [0.717, 1.165) is 5.56 Å². The van der Waals surface area contributed by atoms with Gasteiger partial charge in [-0.3, -0.25) is 4.79 Å². The van der Waals surface area contributed by atoms with E-state index in [1.54, 1.807) is 7.11 Å². The van der Waals surface area contributed by atoms with Gasteiger partial charge in [-0.2, -0.15) is 0 Å². The van der Waals surface area contributed by atoms with Crippen molar-refractivity contribution in [3.63, 3.8) is 0 Å². The van der Waals surface area contributed by atoms with Crippen LogP contribution in [0.25, 0.3) is 0 Å². The summed E-state index contributed by atoms with van der Waals surface area (Å²) in [7, 11) is 1.60. The highest BCUT2D eigenvalue weighted by Crippen LogP contribution is 2.06. The first-order chi connectivity index (χ1) is 8.15. The lowest BCUT2D eigenvalue weighted by molar-refractivity contribution is -0.122. The van der Waals surface area contributed by atoms with E-state index in [0.29, 0.717) is 19.6 Å². The third-order valence-corrected chi connectivity index (χ3v) is 2.68. The second-order valence-electron chi connectivity index (χ2n) is 4.03. The van der Waals surface area contributed by atoms with Gasteiger partial charge in [-0.05, 0) is 24.5 Å². The molecule has 1 rings (SSSR count). The van der Waals surface area contributed by atoms with Crippen LogP contribution < -0.4 is 11.1 Å². The third kappa shape index (κ3) is 4.54. The number of nitrogens with one attached hydrogen (secondary N) is 1. The molecule has 0 aliphatic heterocycles. The Balaban J connectivity index is 2.40. The highest BCUT2D eigenvalue weighted by molar-refractivity contribution is 5.81. The standard InChI is InChI=1S/C13H20N2O2/c1-10-5-3-4-6-11(10)9-15-13(16)12(14)7-8-17-2/h3-6,12H,7-9,14H2,1-2H3,(H,15,16). The van der Waals surface area contributed by atoms with E-state index in [2.05, 4.69) is 5.32 Å². The number of hydrogen-bond acceptors (Lipinski definition) is 3. The molecule has 4 heteroatoms. The lowest BCUT2D eigenvalue weighted by Gasteiger charge is -2.12. The second kappa shape index (κ2) is 7.04. The van der Waals surface area contributed by atoms with Crippen LogP contribution in [0, 0.1) is 6.92 Å². The van der Waals surface area contributed by atoms with Gasteiger partial charge < -0.3 is 15.8 Å². The molecule has 0 saturated heterocycles. The Labute approximate surface area is 102 Å². The van der Waals surface area contributed by atoms with Gasteiger partial charge in [-0.15, -0.1) is 0 Å². The molecular formula is C13H20N2O2. The fourth-order valence-electron chi connectivity index (χ4n) is 1.50. The number of ether oxygens (including phenoxy) is 1. The Morgan fingerprint density at radius 2 is 2.18 bits per heavy atom. The molecule has 0 fully saturated rings. The fraction of sp³-hybridized carbons (Fsp3) is 0.462. The lowest BCUT2D eigenvalue weighted by atomic mass is 10.1. The number of amides is 1. The summed E-state index contributed by atoms with van der Waals surface area (Å²) in [4.78, 5) is 11.6. The minimum absolute atomic E-state index is 0.134. The zero-order chi connectivity index (χ0) is 12.7. The van der Waals surface area contributed by atoms with Crippen LogP contribution in [0.5, 0.6) is 0 Å². The first-order valence-electron chi connectivity index (χ1n) is 5.72. The van der Waals surface area contributed by atoms with Crippen molar-refractivity contribution in [3.8, 4) is 0 Å². The van der Waals surface area contributed by atoms with Crippen molar-refractivity contribution in [2.75, 3.05) is 13.7 Å². The largest absolute Gasteiger partial charge is 0.385 e. The number of carbonyl (C=O) groups excluding carboxylic acids is 1. The molecule has 4 nitrogen and oxygen atoms in total. The van der Waals surface area contributed by atoms with Gasteiger partial charge >= 0.3 is 0 Å². The van der Waals surface area contributed by atoms with Crippen molar-refractivity contribution in [3.05, 3.63) is 35.4 Å². The summed E-state index contributed by atoms with van der Waals surface area (Å²) in [5, 5.41) is 2.83. The molecule has 0 bridgehead atoms. The van der Waals surface area contributed by atoms with E-state index in [4.69, 9.17) is 10.5 Å². The van der Waals surface area contributed by atoms with Gasteiger partial charge in [0, 0.05) is 20.3 Å². The molecule has 94 valence electrons. The Morgan fingerprint density at radius 1 is 1.47 bits per heavy atom. The monoisotopic (exact) mass is 236 g/mol. The molecule has 0 saturated carbocycles. The predicted octanol–water partition coefficient (Wildman–Crippen LogP) is 0.975. The van der Waals surface area contributed by atoms with Crippen LogP contribution in [0.4, 0.5) is 0 Å². The minimum Gasteiger partial charge on any atom is -0.385 e. The second-order valence-corrected chi connectivity index (χ2v) is 4.03. The van der Waals surface area contributed by atoms with Crippen molar-refractivity contribution in [1.82, 2.24) is 5.32 Å². The summed E-state index contributed by atoms with van der Waals surface area (Å²) in [6.07, 6.45) is 0.538. The Bertz CT molecular complexity index is 366. The molecule has 1 aromatic rings. The van der Waals surface area contributed by atoms with Crippen molar-refractivity contribution in [2.45, 2.75) is 25.9 Å².